The standard InChI is InChI=1S/C25H38N2O4SSi/c1-7-33(8-2,9-3)31-24-16-22(27-19(5)15-18(4)26-27)25(17-23(28)20(24)6)32(29,30)21-13-11-10-12-14-21/h10-15,17,20,22-24,28H,7-9,16H2,1-6H3. The summed E-state index contributed by atoms with van der Waals surface area (Å²) in [6.07, 6.45) is 0.792. The van der Waals surface area contributed by atoms with Crippen molar-refractivity contribution in [2.45, 2.75) is 89.2 Å². The number of aromatic nitrogens is 2. The molecule has 1 heterocycles. The van der Waals surface area contributed by atoms with Crippen molar-refractivity contribution in [2.24, 2.45) is 5.92 Å². The third-order valence-corrected chi connectivity index (χ3v) is 13.9. The number of hydrogen-bond donors (Lipinski definition) is 1. The minimum atomic E-state index is -3.83. The maximum atomic E-state index is 13.8. The van der Waals surface area contributed by atoms with Crippen LogP contribution in [0.1, 0.15) is 51.5 Å². The van der Waals surface area contributed by atoms with Gasteiger partial charge >= 0.3 is 0 Å². The van der Waals surface area contributed by atoms with Gasteiger partial charge in [-0.1, -0.05) is 45.9 Å². The molecule has 4 unspecified atom stereocenters. The molecule has 1 aliphatic carbocycles. The highest BCUT2D eigenvalue weighted by Gasteiger charge is 2.42. The molecule has 1 aliphatic rings. The molecule has 0 aliphatic heterocycles. The monoisotopic (exact) mass is 490 g/mol. The van der Waals surface area contributed by atoms with Crippen molar-refractivity contribution in [1.82, 2.24) is 9.78 Å². The summed E-state index contributed by atoms with van der Waals surface area (Å²) < 4.78 is 36.3. The molecular weight excluding hydrogens is 452 g/mol. The number of nitrogens with zero attached hydrogens (tertiary/aromatic N) is 2. The van der Waals surface area contributed by atoms with Crippen LogP contribution in [0.4, 0.5) is 0 Å². The number of allylic oxidation sites excluding steroid dienone is 1. The van der Waals surface area contributed by atoms with Gasteiger partial charge in [0.2, 0.25) is 9.84 Å². The van der Waals surface area contributed by atoms with Gasteiger partial charge in [0, 0.05) is 11.6 Å². The fourth-order valence-electron chi connectivity index (χ4n) is 4.86. The van der Waals surface area contributed by atoms with E-state index in [4.69, 9.17) is 4.43 Å². The van der Waals surface area contributed by atoms with E-state index in [2.05, 4.69) is 25.9 Å². The summed E-state index contributed by atoms with van der Waals surface area (Å²) in [5.41, 5.74) is 1.72. The summed E-state index contributed by atoms with van der Waals surface area (Å²) in [7, 11) is -5.82. The maximum Gasteiger partial charge on any atom is 0.204 e. The second-order valence-electron chi connectivity index (χ2n) is 9.26. The molecular formula is C25H38N2O4SSi. The second-order valence-corrected chi connectivity index (χ2v) is 15.9. The molecule has 0 radical (unpaired) electrons. The molecule has 1 N–H and O–H groups in total. The quantitative estimate of drug-likeness (QED) is 0.515. The second kappa shape index (κ2) is 10.3. The van der Waals surface area contributed by atoms with E-state index in [1.165, 1.54) is 6.08 Å². The summed E-state index contributed by atoms with van der Waals surface area (Å²) in [6.45, 7) is 12.3. The maximum absolute atomic E-state index is 13.8. The molecule has 0 spiro atoms. The highest BCUT2D eigenvalue weighted by Crippen LogP contribution is 2.40. The van der Waals surface area contributed by atoms with Gasteiger partial charge in [0.25, 0.3) is 0 Å². The number of rotatable bonds is 8. The van der Waals surface area contributed by atoms with Gasteiger partial charge in [-0.25, -0.2) is 8.42 Å². The summed E-state index contributed by atoms with van der Waals surface area (Å²) >= 11 is 0. The van der Waals surface area contributed by atoms with E-state index < -0.39 is 30.3 Å². The van der Waals surface area contributed by atoms with Crippen LogP contribution < -0.4 is 0 Å². The van der Waals surface area contributed by atoms with Crippen molar-refractivity contribution in [3.8, 4) is 0 Å². The van der Waals surface area contributed by atoms with Crippen molar-refractivity contribution < 1.29 is 18.0 Å². The third-order valence-electron chi connectivity index (χ3n) is 7.28. The zero-order valence-electron chi connectivity index (χ0n) is 20.7. The molecule has 0 saturated heterocycles. The van der Waals surface area contributed by atoms with E-state index in [0.717, 1.165) is 29.5 Å². The van der Waals surface area contributed by atoms with E-state index in [1.54, 1.807) is 35.0 Å². The van der Waals surface area contributed by atoms with Crippen LogP contribution in [0.25, 0.3) is 0 Å². The Bertz CT molecular complexity index is 1070. The normalized spacial score (nSPS) is 24.4. The third kappa shape index (κ3) is 5.19. The molecule has 4 atom stereocenters. The lowest BCUT2D eigenvalue weighted by atomic mass is 9.97. The predicted molar refractivity (Wildman–Crippen MR) is 134 cm³/mol. The first-order chi connectivity index (χ1) is 15.6. The molecule has 3 rings (SSSR count). The molecule has 0 fully saturated rings. The Hall–Kier alpha value is -1.74. The van der Waals surface area contributed by atoms with Crippen LogP contribution in [0, 0.1) is 19.8 Å². The van der Waals surface area contributed by atoms with Crippen LogP contribution >= 0.6 is 0 Å². The molecule has 2 aromatic rings. The molecule has 0 saturated carbocycles. The zero-order valence-corrected chi connectivity index (χ0v) is 22.5. The van der Waals surface area contributed by atoms with E-state index in [9.17, 15) is 13.5 Å². The highest BCUT2D eigenvalue weighted by molar-refractivity contribution is 7.95. The largest absolute Gasteiger partial charge is 0.413 e. The van der Waals surface area contributed by atoms with Crippen LogP contribution in [-0.4, -0.2) is 43.8 Å². The van der Waals surface area contributed by atoms with Crippen molar-refractivity contribution >= 4 is 18.2 Å². The van der Waals surface area contributed by atoms with E-state index >= 15 is 0 Å². The van der Waals surface area contributed by atoms with Gasteiger partial charge in [-0.3, -0.25) is 4.68 Å². The average molecular weight is 491 g/mol. The lowest BCUT2D eigenvalue weighted by Crippen LogP contribution is -2.44. The van der Waals surface area contributed by atoms with Gasteiger partial charge in [-0.15, -0.1) is 0 Å². The Morgan fingerprint density at radius 2 is 1.73 bits per heavy atom. The molecule has 6 nitrogen and oxygen atoms in total. The fraction of sp³-hybridized carbons (Fsp3) is 0.560. The van der Waals surface area contributed by atoms with Crippen molar-refractivity contribution in [3.05, 3.63) is 58.8 Å². The lowest BCUT2D eigenvalue weighted by molar-refractivity contribution is 0.0478. The topological polar surface area (TPSA) is 81.4 Å². The minimum absolute atomic E-state index is 0.196. The minimum Gasteiger partial charge on any atom is -0.413 e. The van der Waals surface area contributed by atoms with Gasteiger partial charge in [0.1, 0.15) is 0 Å². The molecule has 0 bridgehead atoms. The molecule has 8 heteroatoms. The Kier molecular flexibility index (Phi) is 8.04. The fourth-order valence-corrected chi connectivity index (χ4v) is 9.48. The van der Waals surface area contributed by atoms with Gasteiger partial charge in [0.05, 0.1) is 33.7 Å². The summed E-state index contributed by atoms with van der Waals surface area (Å²) in [5, 5.41) is 15.8. The van der Waals surface area contributed by atoms with E-state index in [1.807, 2.05) is 26.8 Å². The molecule has 33 heavy (non-hydrogen) atoms. The van der Waals surface area contributed by atoms with Gasteiger partial charge in [-0.2, -0.15) is 5.10 Å². The van der Waals surface area contributed by atoms with Crippen LogP contribution in [0.5, 0.6) is 0 Å². The number of aliphatic hydroxyl groups excluding tert-OH is 1. The van der Waals surface area contributed by atoms with Gasteiger partial charge in [0.15, 0.2) is 8.32 Å². The summed E-state index contributed by atoms with van der Waals surface area (Å²) in [5.74, 6) is -0.232. The van der Waals surface area contributed by atoms with Crippen LogP contribution in [0.3, 0.4) is 0 Å². The summed E-state index contributed by atoms with van der Waals surface area (Å²) in [4.78, 5) is 0.420. The van der Waals surface area contributed by atoms with E-state index in [-0.39, 0.29) is 21.8 Å². The number of sulfone groups is 1. The first-order valence-corrected chi connectivity index (χ1v) is 16.0. The average Bonchev–Trinajstić information content (AvgIpc) is 3.09. The SMILES string of the molecule is CC[Si](CC)(CC)OC1CC(n2nc(C)cc2C)C(S(=O)(=O)c2ccccc2)=CC(O)C1C. The first-order valence-electron chi connectivity index (χ1n) is 12.0. The Labute approximate surface area is 199 Å². The van der Waals surface area contributed by atoms with Crippen LogP contribution in [0.2, 0.25) is 18.1 Å². The van der Waals surface area contributed by atoms with Crippen molar-refractivity contribution in [2.75, 3.05) is 0 Å². The molecule has 182 valence electrons. The summed E-state index contributed by atoms with van der Waals surface area (Å²) in [6, 6.07) is 12.8. The van der Waals surface area contributed by atoms with Crippen molar-refractivity contribution in [1.29, 1.82) is 0 Å². The molecule has 1 aromatic carbocycles. The van der Waals surface area contributed by atoms with Crippen LogP contribution in [0.15, 0.2) is 52.3 Å². The predicted octanol–water partition coefficient (Wildman–Crippen LogP) is 5.19. The Morgan fingerprint density at radius 1 is 1.12 bits per heavy atom. The Morgan fingerprint density at radius 3 is 2.24 bits per heavy atom. The van der Waals surface area contributed by atoms with Crippen LogP contribution in [-0.2, 0) is 14.3 Å². The van der Waals surface area contributed by atoms with Gasteiger partial charge in [-0.05, 0) is 62.7 Å². The Balaban J connectivity index is 2.15. The molecule has 0 amide bonds. The van der Waals surface area contributed by atoms with E-state index in [0.29, 0.717) is 6.42 Å². The van der Waals surface area contributed by atoms with Gasteiger partial charge < -0.3 is 9.53 Å². The smallest absolute Gasteiger partial charge is 0.204 e. The number of hydrogen-bond acceptors (Lipinski definition) is 5. The first kappa shape index (κ1) is 25.9. The van der Waals surface area contributed by atoms with Crippen molar-refractivity contribution in [3.63, 3.8) is 0 Å². The molecule has 1 aromatic heterocycles. The lowest BCUT2D eigenvalue weighted by Gasteiger charge is -2.37. The number of aliphatic hydroxyl groups is 1. The zero-order chi connectivity index (χ0) is 24.4. The highest BCUT2D eigenvalue weighted by atomic mass is 32.2. The number of aryl methyl sites for hydroxylation is 2. The number of benzene rings is 1.